The summed E-state index contributed by atoms with van der Waals surface area (Å²) in [5, 5.41) is 7.02. The number of piperidine rings is 1. The molecule has 1 aliphatic carbocycles. The second kappa shape index (κ2) is 3.90. The molecule has 2 aliphatic rings. The molecule has 1 aliphatic heterocycles. The Balaban J connectivity index is 1.72. The molecule has 1 aromatic rings. The zero-order chi connectivity index (χ0) is 12.2. The van der Waals surface area contributed by atoms with E-state index in [0.717, 1.165) is 18.8 Å². The number of hydrogen-bond donors (Lipinski definition) is 3. The topological polar surface area (TPSA) is 56.9 Å². The Morgan fingerprint density at radius 2 is 1.94 bits per heavy atom. The van der Waals surface area contributed by atoms with Crippen molar-refractivity contribution in [2.75, 3.05) is 13.1 Å². The minimum Gasteiger partial charge on any atom is -0.352 e. The van der Waals surface area contributed by atoms with Crippen LogP contribution in [0.2, 0.25) is 10.0 Å². The molecule has 2 heterocycles. The first-order chi connectivity index (χ1) is 8.09. The highest BCUT2D eigenvalue weighted by atomic mass is 35.5. The van der Waals surface area contributed by atoms with Crippen molar-refractivity contribution in [3.8, 4) is 0 Å². The summed E-state index contributed by atoms with van der Waals surface area (Å²) in [4.78, 5) is 14.9. The average molecular weight is 274 g/mol. The number of carbonyl (C=O) groups excluding carboxylic acids is 1. The van der Waals surface area contributed by atoms with Crippen LogP contribution in [0.3, 0.4) is 0 Å². The van der Waals surface area contributed by atoms with E-state index in [-0.39, 0.29) is 5.91 Å². The second-order valence-corrected chi connectivity index (χ2v) is 5.49. The van der Waals surface area contributed by atoms with Crippen LogP contribution in [-0.2, 0) is 0 Å². The average Bonchev–Trinajstić information content (AvgIpc) is 2.67. The molecule has 92 valence electrons. The van der Waals surface area contributed by atoms with Crippen LogP contribution in [0.4, 0.5) is 0 Å². The number of rotatable bonds is 2. The molecule has 1 saturated heterocycles. The van der Waals surface area contributed by atoms with Crippen LogP contribution >= 0.6 is 23.2 Å². The largest absolute Gasteiger partial charge is 0.352 e. The predicted molar refractivity (Wildman–Crippen MR) is 66.7 cm³/mol. The van der Waals surface area contributed by atoms with Crippen LogP contribution in [0.25, 0.3) is 0 Å². The summed E-state index contributed by atoms with van der Waals surface area (Å²) in [5.74, 6) is 1.01. The number of fused-ring (bicyclic) bond motifs is 1. The zero-order valence-electron chi connectivity index (χ0n) is 9.31. The van der Waals surface area contributed by atoms with Crippen LogP contribution in [0, 0.1) is 18.8 Å². The van der Waals surface area contributed by atoms with Crippen LogP contribution < -0.4 is 10.6 Å². The van der Waals surface area contributed by atoms with Gasteiger partial charge in [-0.15, -0.1) is 0 Å². The fraction of sp³-hybridized carbons (Fsp3) is 0.545. The van der Waals surface area contributed by atoms with Crippen molar-refractivity contribution in [3.05, 3.63) is 21.4 Å². The third-order valence-corrected chi connectivity index (χ3v) is 4.62. The summed E-state index contributed by atoms with van der Waals surface area (Å²) in [6.45, 7) is 3.78. The number of aryl methyl sites for hydroxylation is 1. The Bertz CT molecular complexity index is 475. The van der Waals surface area contributed by atoms with Crippen LogP contribution in [-0.4, -0.2) is 30.0 Å². The van der Waals surface area contributed by atoms with Gasteiger partial charge in [-0.25, -0.2) is 0 Å². The summed E-state index contributed by atoms with van der Waals surface area (Å²) < 4.78 is 0. The van der Waals surface area contributed by atoms with Gasteiger partial charge in [0.2, 0.25) is 0 Å². The van der Waals surface area contributed by atoms with Gasteiger partial charge in [-0.3, -0.25) is 4.79 Å². The highest BCUT2D eigenvalue weighted by Crippen LogP contribution is 2.42. The van der Waals surface area contributed by atoms with Crippen molar-refractivity contribution in [2.24, 2.45) is 11.8 Å². The molecule has 3 atom stereocenters. The van der Waals surface area contributed by atoms with Crippen LogP contribution in [0.1, 0.15) is 16.2 Å². The standard InChI is InChI=1S/C11H13Cl2N3O/c1-4-7(12)8(13)10(15-4)11(17)16-9-5-2-14-3-6(5)9/h5-6,9,14-15H,2-3H2,1H3,(H,16,17)/t5-,6+,9?. The molecular formula is C11H13Cl2N3O. The molecule has 1 amide bonds. The zero-order valence-corrected chi connectivity index (χ0v) is 10.8. The van der Waals surface area contributed by atoms with Crippen molar-refractivity contribution in [2.45, 2.75) is 13.0 Å². The quantitative estimate of drug-likeness (QED) is 0.767. The third-order valence-electron chi connectivity index (χ3n) is 3.67. The minimum atomic E-state index is -0.163. The lowest BCUT2D eigenvalue weighted by Crippen LogP contribution is -2.32. The van der Waals surface area contributed by atoms with E-state index in [1.165, 1.54) is 0 Å². The van der Waals surface area contributed by atoms with Crippen molar-refractivity contribution < 1.29 is 4.79 Å². The van der Waals surface area contributed by atoms with Crippen molar-refractivity contribution in [1.82, 2.24) is 15.6 Å². The number of H-pyrrole nitrogens is 1. The number of halogens is 2. The van der Waals surface area contributed by atoms with Crippen LogP contribution in [0.5, 0.6) is 0 Å². The summed E-state index contributed by atoms with van der Waals surface area (Å²) in [7, 11) is 0. The highest BCUT2D eigenvalue weighted by molar-refractivity contribution is 6.44. The van der Waals surface area contributed by atoms with E-state index in [2.05, 4.69) is 15.6 Å². The maximum Gasteiger partial charge on any atom is 0.269 e. The summed E-state index contributed by atoms with van der Waals surface area (Å²) in [6, 6.07) is 0.294. The molecule has 1 saturated carbocycles. The van der Waals surface area contributed by atoms with E-state index in [9.17, 15) is 4.79 Å². The molecule has 1 aromatic heterocycles. The first-order valence-electron chi connectivity index (χ1n) is 5.64. The molecular weight excluding hydrogens is 261 g/mol. The smallest absolute Gasteiger partial charge is 0.269 e. The summed E-state index contributed by atoms with van der Waals surface area (Å²) >= 11 is 11.9. The van der Waals surface area contributed by atoms with Gasteiger partial charge in [-0.2, -0.15) is 0 Å². The molecule has 6 heteroatoms. The van der Waals surface area contributed by atoms with Gasteiger partial charge in [0, 0.05) is 24.8 Å². The minimum absolute atomic E-state index is 0.163. The Hall–Kier alpha value is -0.710. The number of aromatic nitrogens is 1. The van der Waals surface area contributed by atoms with Crippen molar-refractivity contribution >= 4 is 29.1 Å². The molecule has 0 radical (unpaired) electrons. The summed E-state index contributed by atoms with van der Waals surface area (Å²) in [6.07, 6.45) is 0. The fourth-order valence-corrected chi connectivity index (χ4v) is 3.00. The molecule has 0 aromatic carbocycles. The Morgan fingerprint density at radius 1 is 1.29 bits per heavy atom. The highest BCUT2D eigenvalue weighted by Gasteiger charge is 2.53. The second-order valence-electron chi connectivity index (χ2n) is 4.74. The molecule has 1 unspecified atom stereocenters. The molecule has 0 spiro atoms. The van der Waals surface area contributed by atoms with E-state index in [1.54, 1.807) is 6.92 Å². The van der Waals surface area contributed by atoms with Gasteiger partial charge in [0.15, 0.2) is 0 Å². The Labute approximate surface area is 109 Å². The van der Waals surface area contributed by atoms with E-state index in [4.69, 9.17) is 23.2 Å². The Morgan fingerprint density at radius 3 is 2.47 bits per heavy atom. The molecule has 3 N–H and O–H groups in total. The van der Waals surface area contributed by atoms with Gasteiger partial charge in [0.05, 0.1) is 10.0 Å². The lowest BCUT2D eigenvalue weighted by Gasteiger charge is -2.06. The van der Waals surface area contributed by atoms with Gasteiger partial charge in [0.1, 0.15) is 5.69 Å². The van der Waals surface area contributed by atoms with E-state index in [0.29, 0.717) is 33.6 Å². The maximum atomic E-state index is 12.0. The van der Waals surface area contributed by atoms with Gasteiger partial charge in [0.25, 0.3) is 5.91 Å². The van der Waals surface area contributed by atoms with E-state index in [1.807, 2.05) is 0 Å². The molecule has 17 heavy (non-hydrogen) atoms. The van der Waals surface area contributed by atoms with E-state index >= 15 is 0 Å². The lowest BCUT2D eigenvalue weighted by molar-refractivity contribution is 0.0942. The molecule has 0 bridgehead atoms. The maximum absolute atomic E-state index is 12.0. The Kier molecular flexibility index (Phi) is 2.61. The molecule has 4 nitrogen and oxygen atoms in total. The van der Waals surface area contributed by atoms with Crippen molar-refractivity contribution in [1.29, 1.82) is 0 Å². The lowest BCUT2D eigenvalue weighted by atomic mass is 10.3. The molecule has 2 fully saturated rings. The first kappa shape index (κ1) is 11.4. The van der Waals surface area contributed by atoms with Crippen molar-refractivity contribution in [3.63, 3.8) is 0 Å². The number of nitrogens with one attached hydrogen (secondary N) is 3. The normalized spacial score (nSPS) is 30.2. The third kappa shape index (κ3) is 1.75. The monoisotopic (exact) mass is 273 g/mol. The van der Waals surface area contributed by atoms with Gasteiger partial charge < -0.3 is 15.6 Å². The number of amides is 1. The van der Waals surface area contributed by atoms with Gasteiger partial charge >= 0.3 is 0 Å². The number of hydrogen-bond acceptors (Lipinski definition) is 2. The summed E-state index contributed by atoms with van der Waals surface area (Å²) in [5.41, 5.74) is 1.09. The van der Waals surface area contributed by atoms with Gasteiger partial charge in [-0.1, -0.05) is 23.2 Å². The predicted octanol–water partition coefficient (Wildman–Crippen LogP) is 1.58. The van der Waals surface area contributed by atoms with Gasteiger partial charge in [-0.05, 0) is 18.8 Å². The number of carbonyl (C=O) groups is 1. The first-order valence-corrected chi connectivity index (χ1v) is 6.40. The number of aromatic amines is 1. The fourth-order valence-electron chi connectivity index (χ4n) is 2.58. The molecule has 3 rings (SSSR count). The van der Waals surface area contributed by atoms with Crippen LogP contribution in [0.15, 0.2) is 0 Å². The van der Waals surface area contributed by atoms with E-state index < -0.39 is 0 Å². The SMILES string of the molecule is Cc1[nH]c(C(=O)NC2[C@H]3CNC[C@@H]23)c(Cl)c1Cl.